The molecule has 0 unspecified atom stereocenters. The summed E-state index contributed by atoms with van der Waals surface area (Å²) in [5.74, 6) is 1.74. The zero-order valence-electron chi connectivity index (χ0n) is 21.5. The van der Waals surface area contributed by atoms with Gasteiger partial charge in [-0.05, 0) is 86.4 Å². The molecule has 6 nitrogen and oxygen atoms in total. The molecular formula is C30H40N2O4. The van der Waals surface area contributed by atoms with E-state index in [0.717, 1.165) is 68.8 Å². The number of hydrogen-bond acceptors (Lipinski definition) is 5. The Morgan fingerprint density at radius 2 is 1.72 bits per heavy atom. The Hall–Kier alpha value is -2.57. The van der Waals surface area contributed by atoms with Crippen molar-refractivity contribution < 1.29 is 19.0 Å². The fourth-order valence-corrected chi connectivity index (χ4v) is 5.67. The molecule has 0 spiro atoms. The number of nitrogens with zero attached hydrogens (tertiary/aromatic N) is 1. The van der Waals surface area contributed by atoms with Gasteiger partial charge in [-0.25, -0.2) is 0 Å². The summed E-state index contributed by atoms with van der Waals surface area (Å²) in [6.07, 6.45) is 11.0. The van der Waals surface area contributed by atoms with Gasteiger partial charge in [0, 0.05) is 32.3 Å². The van der Waals surface area contributed by atoms with Gasteiger partial charge < -0.3 is 19.5 Å². The largest absolute Gasteiger partial charge is 0.491 e. The van der Waals surface area contributed by atoms with Crippen LogP contribution in [0.5, 0.6) is 11.5 Å². The standard InChI is InChI=1S/C30H40N2O4/c1-34-26-14-16-32(17-15-26)20-22-8-9-24-19-25(21-35-29(24)18-22)31-30(33)23-10-12-28(13-11-23)36-27-6-4-2-3-5-7-27/h8-13,18,25-27H,2-7,14-17,19-21H2,1H3,(H,31,33)/t25-/m1/s1. The van der Waals surface area contributed by atoms with Crippen molar-refractivity contribution in [3.05, 3.63) is 59.2 Å². The molecule has 0 radical (unpaired) electrons. The number of ether oxygens (including phenoxy) is 3. The molecule has 0 bridgehead atoms. The summed E-state index contributed by atoms with van der Waals surface area (Å²) in [4.78, 5) is 15.4. The molecule has 0 aromatic heterocycles. The van der Waals surface area contributed by atoms with Crippen LogP contribution in [0.15, 0.2) is 42.5 Å². The SMILES string of the molecule is COC1CCN(Cc2ccc3c(c2)OC[C@H](NC(=O)c2ccc(OC4CCCCCC4)cc2)C3)CC1. The lowest BCUT2D eigenvalue weighted by molar-refractivity contribution is 0.0388. The number of rotatable bonds is 7. The zero-order valence-corrected chi connectivity index (χ0v) is 21.5. The monoisotopic (exact) mass is 492 g/mol. The summed E-state index contributed by atoms with van der Waals surface area (Å²) in [6, 6.07) is 14.1. The minimum Gasteiger partial charge on any atom is -0.491 e. The lowest BCUT2D eigenvalue weighted by Crippen LogP contribution is -2.42. The fraction of sp³-hybridized carbons (Fsp3) is 0.567. The summed E-state index contributed by atoms with van der Waals surface area (Å²) >= 11 is 0. The molecule has 1 atom stereocenters. The molecule has 2 heterocycles. The molecule has 2 fully saturated rings. The maximum absolute atomic E-state index is 12.9. The van der Waals surface area contributed by atoms with Gasteiger partial charge in [0.05, 0.1) is 18.2 Å². The second kappa shape index (κ2) is 12.1. The molecule has 1 amide bonds. The normalized spacial score (nSPS) is 21.8. The number of nitrogens with one attached hydrogen (secondary N) is 1. The highest BCUT2D eigenvalue weighted by Gasteiger charge is 2.24. The lowest BCUT2D eigenvalue weighted by atomic mass is 9.99. The fourth-order valence-electron chi connectivity index (χ4n) is 5.67. The van der Waals surface area contributed by atoms with Gasteiger partial charge in [-0.2, -0.15) is 0 Å². The Kier molecular flexibility index (Phi) is 8.44. The number of likely N-dealkylation sites (tertiary alicyclic amines) is 1. The van der Waals surface area contributed by atoms with Gasteiger partial charge in [-0.1, -0.05) is 25.0 Å². The summed E-state index contributed by atoms with van der Waals surface area (Å²) in [5.41, 5.74) is 3.08. The van der Waals surface area contributed by atoms with Crippen molar-refractivity contribution in [2.45, 2.75) is 82.6 Å². The highest BCUT2D eigenvalue weighted by molar-refractivity contribution is 5.94. The molecule has 1 saturated carbocycles. The minimum absolute atomic E-state index is 0.0363. The highest BCUT2D eigenvalue weighted by atomic mass is 16.5. The van der Waals surface area contributed by atoms with Gasteiger partial charge in [0.2, 0.25) is 0 Å². The third-order valence-corrected chi connectivity index (χ3v) is 7.87. The Labute approximate surface area is 215 Å². The van der Waals surface area contributed by atoms with Crippen LogP contribution in [-0.2, 0) is 17.7 Å². The highest BCUT2D eigenvalue weighted by Crippen LogP contribution is 2.28. The van der Waals surface area contributed by atoms with Crippen molar-refractivity contribution >= 4 is 5.91 Å². The van der Waals surface area contributed by atoms with E-state index in [-0.39, 0.29) is 11.9 Å². The molecule has 6 heteroatoms. The average Bonchev–Trinajstić information content (AvgIpc) is 3.18. The van der Waals surface area contributed by atoms with Gasteiger partial charge >= 0.3 is 0 Å². The van der Waals surface area contributed by atoms with E-state index in [4.69, 9.17) is 14.2 Å². The van der Waals surface area contributed by atoms with Crippen LogP contribution >= 0.6 is 0 Å². The molecule has 5 rings (SSSR count). The van der Waals surface area contributed by atoms with Gasteiger partial charge in [0.15, 0.2) is 0 Å². The van der Waals surface area contributed by atoms with Crippen LogP contribution in [0, 0.1) is 0 Å². The second-order valence-corrected chi connectivity index (χ2v) is 10.6. The molecule has 36 heavy (non-hydrogen) atoms. The van der Waals surface area contributed by atoms with Crippen molar-refractivity contribution in [3.8, 4) is 11.5 Å². The van der Waals surface area contributed by atoms with Crippen molar-refractivity contribution in [2.75, 3.05) is 26.8 Å². The van der Waals surface area contributed by atoms with Crippen molar-refractivity contribution in [1.29, 1.82) is 0 Å². The number of amides is 1. The van der Waals surface area contributed by atoms with E-state index in [1.807, 2.05) is 24.3 Å². The molecular weight excluding hydrogens is 452 g/mol. The first kappa shape index (κ1) is 25.1. The topological polar surface area (TPSA) is 60.0 Å². The number of methoxy groups -OCH3 is 1. The van der Waals surface area contributed by atoms with Crippen LogP contribution in [0.25, 0.3) is 0 Å². The van der Waals surface area contributed by atoms with Gasteiger partial charge in [0.1, 0.15) is 18.1 Å². The van der Waals surface area contributed by atoms with E-state index in [9.17, 15) is 4.79 Å². The van der Waals surface area contributed by atoms with Gasteiger partial charge in [-0.15, -0.1) is 0 Å². The van der Waals surface area contributed by atoms with E-state index in [1.54, 1.807) is 7.11 Å². The number of fused-ring (bicyclic) bond motifs is 1. The van der Waals surface area contributed by atoms with Crippen molar-refractivity contribution in [2.24, 2.45) is 0 Å². The maximum atomic E-state index is 12.9. The Balaban J connectivity index is 1.11. The quantitative estimate of drug-likeness (QED) is 0.543. The number of piperidine rings is 1. The summed E-state index contributed by atoms with van der Waals surface area (Å²) < 4.78 is 17.7. The number of carbonyl (C=O) groups is 1. The number of benzene rings is 2. The smallest absolute Gasteiger partial charge is 0.251 e. The first-order valence-corrected chi connectivity index (χ1v) is 13.7. The zero-order chi connectivity index (χ0) is 24.7. The first-order valence-electron chi connectivity index (χ1n) is 13.7. The van der Waals surface area contributed by atoms with Gasteiger partial charge in [-0.3, -0.25) is 9.69 Å². The van der Waals surface area contributed by atoms with Crippen molar-refractivity contribution in [1.82, 2.24) is 10.2 Å². The van der Waals surface area contributed by atoms with E-state index in [2.05, 4.69) is 28.4 Å². The number of carbonyl (C=O) groups excluding carboxylic acids is 1. The molecule has 1 saturated heterocycles. The molecule has 1 N–H and O–H groups in total. The third-order valence-electron chi connectivity index (χ3n) is 7.87. The Morgan fingerprint density at radius 1 is 0.972 bits per heavy atom. The van der Waals surface area contributed by atoms with Crippen LogP contribution in [0.3, 0.4) is 0 Å². The van der Waals surface area contributed by atoms with Crippen LogP contribution in [0.4, 0.5) is 0 Å². The van der Waals surface area contributed by atoms with E-state index >= 15 is 0 Å². The van der Waals surface area contributed by atoms with E-state index in [0.29, 0.717) is 24.4 Å². The average molecular weight is 493 g/mol. The number of hydrogen-bond donors (Lipinski definition) is 1. The van der Waals surface area contributed by atoms with Crippen LogP contribution in [0.2, 0.25) is 0 Å². The van der Waals surface area contributed by atoms with Crippen LogP contribution in [0.1, 0.15) is 72.9 Å². The molecule has 3 aliphatic rings. The third kappa shape index (κ3) is 6.60. The maximum Gasteiger partial charge on any atom is 0.251 e. The minimum atomic E-state index is -0.0656. The summed E-state index contributed by atoms with van der Waals surface area (Å²) in [5, 5.41) is 3.15. The predicted molar refractivity (Wildman–Crippen MR) is 141 cm³/mol. The Morgan fingerprint density at radius 3 is 2.44 bits per heavy atom. The van der Waals surface area contributed by atoms with Crippen LogP contribution < -0.4 is 14.8 Å². The second-order valence-electron chi connectivity index (χ2n) is 10.6. The molecule has 194 valence electrons. The molecule has 2 aliphatic heterocycles. The summed E-state index contributed by atoms with van der Waals surface area (Å²) in [6.45, 7) is 3.56. The van der Waals surface area contributed by atoms with Gasteiger partial charge in [0.25, 0.3) is 5.91 Å². The Bertz CT molecular complexity index is 993. The first-order chi connectivity index (χ1) is 17.7. The van der Waals surface area contributed by atoms with E-state index in [1.165, 1.54) is 31.2 Å². The molecule has 2 aromatic carbocycles. The van der Waals surface area contributed by atoms with Crippen molar-refractivity contribution in [3.63, 3.8) is 0 Å². The summed E-state index contributed by atoms with van der Waals surface area (Å²) in [7, 11) is 1.81. The van der Waals surface area contributed by atoms with Crippen LogP contribution in [-0.4, -0.2) is 55.9 Å². The molecule has 2 aromatic rings. The lowest BCUT2D eigenvalue weighted by Gasteiger charge is -2.31. The predicted octanol–water partition coefficient (Wildman–Crippen LogP) is 5.13. The molecule has 1 aliphatic carbocycles. The van der Waals surface area contributed by atoms with E-state index < -0.39 is 0 Å².